The van der Waals surface area contributed by atoms with E-state index in [2.05, 4.69) is 0 Å². The van der Waals surface area contributed by atoms with E-state index >= 15 is 0 Å². The molecule has 0 radical (unpaired) electrons. The number of halogens is 4. The van der Waals surface area contributed by atoms with Crippen LogP contribution in [0.5, 0.6) is 0 Å². The number of rotatable bonds is 4. The summed E-state index contributed by atoms with van der Waals surface area (Å²) in [5.74, 6) is 0. The molecule has 0 aliphatic heterocycles. The summed E-state index contributed by atoms with van der Waals surface area (Å²) in [6.07, 6.45) is -5.32. The molecule has 2 aromatic rings. The Hall–Kier alpha value is -3.04. The molecule has 0 atom stereocenters. The Morgan fingerprint density at radius 1 is 0.708 bits per heavy atom. The zero-order chi connectivity index (χ0) is 18.3. The summed E-state index contributed by atoms with van der Waals surface area (Å²) in [5.41, 5.74) is -1.28. The Balaban J connectivity index is 0.000000240. The van der Waals surface area contributed by atoms with Gasteiger partial charge in [-0.1, -0.05) is 24.3 Å². The highest BCUT2D eigenvalue weighted by Gasteiger charge is 2.12. The Kier molecular flexibility index (Phi) is 6.78. The maximum absolute atomic E-state index is 12.0. The van der Waals surface area contributed by atoms with Gasteiger partial charge in [-0.3, -0.25) is 20.2 Å². The fourth-order valence-corrected chi connectivity index (χ4v) is 1.55. The van der Waals surface area contributed by atoms with Crippen molar-refractivity contribution in [2.24, 2.45) is 0 Å². The Morgan fingerprint density at radius 2 is 1.04 bits per heavy atom. The Bertz CT molecular complexity index is 664. The van der Waals surface area contributed by atoms with Gasteiger partial charge in [-0.15, -0.1) is 0 Å². The van der Waals surface area contributed by atoms with Crippen LogP contribution < -0.4 is 0 Å². The molecule has 24 heavy (non-hydrogen) atoms. The Morgan fingerprint density at radius 3 is 1.29 bits per heavy atom. The van der Waals surface area contributed by atoms with Crippen LogP contribution in [0, 0.1) is 20.2 Å². The maximum atomic E-state index is 12.0. The molecule has 2 rings (SSSR count). The van der Waals surface area contributed by atoms with Gasteiger partial charge in [0.25, 0.3) is 24.2 Å². The molecule has 2 aromatic carbocycles. The first-order chi connectivity index (χ1) is 11.2. The van der Waals surface area contributed by atoms with Crippen LogP contribution >= 0.6 is 0 Å². The molecule has 0 bridgehead atoms. The number of nitro groups is 2. The number of hydrogen-bond acceptors (Lipinski definition) is 4. The molecule has 0 N–H and O–H groups in total. The molecular formula is C14H10F4N2O4. The smallest absolute Gasteiger partial charge is 0.258 e. The van der Waals surface area contributed by atoms with Crippen molar-refractivity contribution in [2.45, 2.75) is 12.9 Å². The average Bonchev–Trinajstić information content (AvgIpc) is 2.55. The van der Waals surface area contributed by atoms with Gasteiger partial charge in [0.15, 0.2) is 0 Å². The SMILES string of the molecule is O=[N+]([O-])c1cccc(C(F)F)c1.O=[N+]([O-])c1cccc(C(F)F)c1. The average molecular weight is 346 g/mol. The van der Waals surface area contributed by atoms with E-state index < -0.39 is 22.7 Å². The van der Waals surface area contributed by atoms with E-state index in [1.165, 1.54) is 24.3 Å². The molecule has 0 amide bonds. The molecule has 0 saturated heterocycles. The Labute approximate surface area is 132 Å². The van der Waals surface area contributed by atoms with Crippen LogP contribution in [0.2, 0.25) is 0 Å². The summed E-state index contributed by atoms with van der Waals surface area (Å²) in [7, 11) is 0. The van der Waals surface area contributed by atoms with E-state index in [0.717, 1.165) is 24.3 Å². The van der Waals surface area contributed by atoms with E-state index in [0.29, 0.717) is 0 Å². The summed E-state index contributed by atoms with van der Waals surface area (Å²) in [6, 6.07) is 8.85. The number of benzene rings is 2. The lowest BCUT2D eigenvalue weighted by Gasteiger charge is -1.97. The minimum Gasteiger partial charge on any atom is -0.258 e. The second-order valence-electron chi connectivity index (χ2n) is 4.31. The zero-order valence-electron chi connectivity index (χ0n) is 11.8. The van der Waals surface area contributed by atoms with Crippen LogP contribution in [-0.2, 0) is 0 Å². The first kappa shape index (κ1) is 19.0. The van der Waals surface area contributed by atoms with Crippen LogP contribution in [0.25, 0.3) is 0 Å². The van der Waals surface area contributed by atoms with Crippen LogP contribution in [0.15, 0.2) is 48.5 Å². The molecule has 0 heterocycles. The maximum Gasteiger partial charge on any atom is 0.269 e. The topological polar surface area (TPSA) is 86.3 Å². The molecule has 10 heteroatoms. The predicted octanol–water partition coefficient (Wildman–Crippen LogP) is 5.06. The van der Waals surface area contributed by atoms with E-state index in [1.807, 2.05) is 0 Å². The van der Waals surface area contributed by atoms with Crippen molar-refractivity contribution in [3.8, 4) is 0 Å². The van der Waals surface area contributed by atoms with E-state index in [1.54, 1.807) is 0 Å². The third kappa shape index (κ3) is 5.63. The molecule has 0 fully saturated rings. The molecule has 128 valence electrons. The van der Waals surface area contributed by atoms with Gasteiger partial charge in [0.05, 0.1) is 9.85 Å². The molecule has 6 nitrogen and oxygen atoms in total. The summed E-state index contributed by atoms with van der Waals surface area (Å²) in [5, 5.41) is 20.3. The molecule has 0 unspecified atom stereocenters. The quantitative estimate of drug-likeness (QED) is 0.439. The summed E-state index contributed by atoms with van der Waals surface area (Å²) < 4.78 is 48.0. The monoisotopic (exact) mass is 346 g/mol. The van der Waals surface area contributed by atoms with E-state index in [4.69, 9.17) is 0 Å². The lowest BCUT2D eigenvalue weighted by Crippen LogP contribution is -1.90. The van der Waals surface area contributed by atoms with Crippen LogP contribution in [0.4, 0.5) is 28.9 Å². The van der Waals surface area contributed by atoms with Gasteiger partial charge < -0.3 is 0 Å². The molecule has 0 aliphatic rings. The van der Waals surface area contributed by atoms with Gasteiger partial charge in [0.1, 0.15) is 0 Å². The normalized spacial score (nSPS) is 10.2. The lowest BCUT2D eigenvalue weighted by molar-refractivity contribution is -0.385. The summed E-state index contributed by atoms with van der Waals surface area (Å²) in [6.45, 7) is 0. The van der Waals surface area contributed by atoms with Crippen molar-refractivity contribution in [1.29, 1.82) is 0 Å². The largest absolute Gasteiger partial charge is 0.269 e. The highest BCUT2D eigenvalue weighted by atomic mass is 19.3. The van der Waals surface area contributed by atoms with Crippen molar-refractivity contribution in [3.63, 3.8) is 0 Å². The van der Waals surface area contributed by atoms with Crippen molar-refractivity contribution in [1.82, 2.24) is 0 Å². The minimum atomic E-state index is -2.66. The zero-order valence-corrected chi connectivity index (χ0v) is 11.8. The van der Waals surface area contributed by atoms with Gasteiger partial charge in [-0.05, 0) is 0 Å². The highest BCUT2D eigenvalue weighted by molar-refractivity contribution is 5.35. The first-order valence-corrected chi connectivity index (χ1v) is 6.27. The standard InChI is InChI=1S/2C7H5F2NO2/c2*8-7(9)5-2-1-3-6(4-5)10(11)12/h2*1-4,7H. The molecule has 0 spiro atoms. The lowest BCUT2D eigenvalue weighted by atomic mass is 10.2. The third-order valence-corrected chi connectivity index (χ3v) is 2.67. The molecular weight excluding hydrogens is 336 g/mol. The third-order valence-electron chi connectivity index (χ3n) is 2.67. The molecule has 0 aliphatic carbocycles. The fourth-order valence-electron chi connectivity index (χ4n) is 1.55. The number of non-ortho nitro benzene ring substituents is 2. The van der Waals surface area contributed by atoms with Gasteiger partial charge in [-0.25, -0.2) is 17.6 Å². The molecule has 0 saturated carbocycles. The number of alkyl halides is 4. The molecule has 0 aromatic heterocycles. The van der Waals surface area contributed by atoms with Crippen LogP contribution in [0.3, 0.4) is 0 Å². The van der Waals surface area contributed by atoms with Crippen LogP contribution in [0.1, 0.15) is 24.0 Å². The second-order valence-corrected chi connectivity index (χ2v) is 4.31. The van der Waals surface area contributed by atoms with Crippen molar-refractivity contribution in [3.05, 3.63) is 79.9 Å². The van der Waals surface area contributed by atoms with Gasteiger partial charge >= 0.3 is 0 Å². The van der Waals surface area contributed by atoms with E-state index in [-0.39, 0.29) is 22.5 Å². The van der Waals surface area contributed by atoms with Crippen molar-refractivity contribution < 1.29 is 27.4 Å². The number of hydrogen-bond donors (Lipinski definition) is 0. The first-order valence-electron chi connectivity index (χ1n) is 6.27. The van der Waals surface area contributed by atoms with Crippen LogP contribution in [-0.4, -0.2) is 9.85 Å². The fraction of sp³-hybridized carbons (Fsp3) is 0.143. The van der Waals surface area contributed by atoms with E-state index in [9.17, 15) is 37.8 Å². The number of nitro benzene ring substituents is 2. The predicted molar refractivity (Wildman–Crippen MR) is 76.1 cm³/mol. The van der Waals surface area contributed by atoms with Crippen molar-refractivity contribution >= 4 is 11.4 Å². The minimum absolute atomic E-state index is 0.312. The number of nitrogens with zero attached hydrogens (tertiary/aromatic N) is 2. The van der Waals surface area contributed by atoms with Crippen molar-refractivity contribution in [2.75, 3.05) is 0 Å². The van der Waals surface area contributed by atoms with Gasteiger partial charge in [0, 0.05) is 35.4 Å². The van der Waals surface area contributed by atoms with Gasteiger partial charge in [-0.2, -0.15) is 0 Å². The van der Waals surface area contributed by atoms with Gasteiger partial charge in [0.2, 0.25) is 0 Å². The summed E-state index contributed by atoms with van der Waals surface area (Å²) in [4.78, 5) is 18.9. The summed E-state index contributed by atoms with van der Waals surface area (Å²) >= 11 is 0. The highest BCUT2D eigenvalue weighted by Crippen LogP contribution is 2.23. The second kappa shape index (κ2) is 8.56.